The molecule has 3 aliphatic heterocycles. The zero-order valence-corrected chi connectivity index (χ0v) is 23.6. The quantitative estimate of drug-likeness (QED) is 0.429. The van der Waals surface area contributed by atoms with Crippen molar-refractivity contribution < 1.29 is 13.7 Å². The van der Waals surface area contributed by atoms with E-state index >= 15 is 0 Å². The molecule has 39 heavy (non-hydrogen) atoms. The predicted octanol–water partition coefficient (Wildman–Crippen LogP) is 4.75. The van der Waals surface area contributed by atoms with Crippen molar-refractivity contribution in [3.05, 3.63) is 64.8 Å². The highest BCUT2D eigenvalue weighted by Crippen LogP contribution is 2.43. The maximum Gasteiger partial charge on any atom is 0.309 e. The van der Waals surface area contributed by atoms with Crippen LogP contribution in [0.1, 0.15) is 30.5 Å². The van der Waals surface area contributed by atoms with Crippen LogP contribution in [0.15, 0.2) is 53.4 Å². The van der Waals surface area contributed by atoms with Crippen LogP contribution in [0.5, 0.6) is 0 Å². The molecule has 0 aliphatic carbocycles. The van der Waals surface area contributed by atoms with E-state index in [4.69, 9.17) is 26.3 Å². The second-order valence-corrected chi connectivity index (χ2v) is 12.6. The third-order valence-electron chi connectivity index (χ3n) is 8.04. The number of hydrogen-bond acceptors (Lipinski definition) is 8. The Labute approximate surface area is 236 Å². The number of nitrogens with zero attached hydrogens (tertiary/aromatic N) is 4. The van der Waals surface area contributed by atoms with Crippen molar-refractivity contribution in [2.45, 2.75) is 37.0 Å². The first kappa shape index (κ1) is 26.1. The highest BCUT2D eigenvalue weighted by atomic mass is 35.5. The Morgan fingerprint density at radius 1 is 1.05 bits per heavy atom. The maximum absolute atomic E-state index is 13.0. The Hall–Kier alpha value is -3.17. The first-order valence-corrected chi connectivity index (χ1v) is 15.1. The lowest BCUT2D eigenvalue weighted by atomic mass is 9.72. The Morgan fingerprint density at radius 3 is 2.46 bits per heavy atom. The summed E-state index contributed by atoms with van der Waals surface area (Å²) in [5.74, 6) is 1.68. The van der Waals surface area contributed by atoms with E-state index in [9.17, 15) is 9.00 Å². The highest BCUT2D eigenvalue weighted by Gasteiger charge is 2.46. The van der Waals surface area contributed by atoms with Crippen LogP contribution in [0.25, 0.3) is 0 Å². The molecule has 204 valence electrons. The standard InChI is InChI=1S/C29H32ClN5O3S/c1-38-25(36)17-20-4-8-22(9-5-20)31-27-26-24(3-2-16-39(26)37)32-28(33-27)35-18-29(19-35)12-14-34(15-13-29)23-10-6-21(30)7-11-23/h4-11H,2-3,12-19H2,1H3,(H,31,32,33)/t39-/m1/s1. The summed E-state index contributed by atoms with van der Waals surface area (Å²) in [5.41, 5.74) is 4.09. The van der Waals surface area contributed by atoms with Gasteiger partial charge in [-0.1, -0.05) is 23.7 Å². The number of benzene rings is 2. The van der Waals surface area contributed by atoms with Gasteiger partial charge in [0.15, 0.2) is 5.82 Å². The van der Waals surface area contributed by atoms with Gasteiger partial charge in [-0.3, -0.25) is 9.00 Å². The van der Waals surface area contributed by atoms with Gasteiger partial charge in [0.05, 0.1) is 30.0 Å². The fourth-order valence-corrected chi connectivity index (χ4v) is 7.24. The van der Waals surface area contributed by atoms with Crippen molar-refractivity contribution >= 4 is 51.5 Å². The van der Waals surface area contributed by atoms with Crippen LogP contribution in [0.3, 0.4) is 0 Å². The Morgan fingerprint density at radius 2 is 1.77 bits per heavy atom. The summed E-state index contributed by atoms with van der Waals surface area (Å²) in [7, 11) is 0.253. The number of aromatic nitrogens is 2. The fraction of sp³-hybridized carbons (Fsp3) is 0.414. The highest BCUT2D eigenvalue weighted by molar-refractivity contribution is 7.85. The summed E-state index contributed by atoms with van der Waals surface area (Å²) in [6.07, 6.45) is 4.15. The third kappa shape index (κ3) is 5.47. The molecule has 0 radical (unpaired) electrons. The van der Waals surface area contributed by atoms with Crippen LogP contribution >= 0.6 is 11.6 Å². The van der Waals surface area contributed by atoms with Crippen molar-refractivity contribution in [2.24, 2.45) is 5.41 Å². The van der Waals surface area contributed by atoms with Crippen LogP contribution in [0, 0.1) is 5.41 Å². The zero-order chi connectivity index (χ0) is 27.0. The first-order chi connectivity index (χ1) is 18.9. The molecule has 0 unspecified atom stereocenters. The number of esters is 1. The summed E-state index contributed by atoms with van der Waals surface area (Å²) in [6.45, 7) is 3.92. The molecule has 1 spiro atoms. The van der Waals surface area contributed by atoms with Gasteiger partial charge in [0.25, 0.3) is 0 Å². The Balaban J connectivity index is 1.16. The number of piperidine rings is 1. The molecule has 1 N–H and O–H groups in total. The molecule has 4 heterocycles. The molecule has 6 rings (SSSR count). The number of nitrogens with one attached hydrogen (secondary N) is 1. The second-order valence-electron chi connectivity index (χ2n) is 10.7. The van der Waals surface area contributed by atoms with E-state index in [0.717, 1.165) is 78.7 Å². The molecule has 0 amide bonds. The number of carbonyl (C=O) groups is 1. The van der Waals surface area contributed by atoms with E-state index in [-0.39, 0.29) is 17.8 Å². The van der Waals surface area contributed by atoms with Gasteiger partial charge in [0.2, 0.25) is 5.95 Å². The molecule has 3 aromatic rings. The van der Waals surface area contributed by atoms with E-state index in [1.54, 1.807) is 0 Å². The van der Waals surface area contributed by atoms with Crippen LogP contribution in [0.4, 0.5) is 23.1 Å². The van der Waals surface area contributed by atoms with Gasteiger partial charge in [0, 0.05) is 53.7 Å². The summed E-state index contributed by atoms with van der Waals surface area (Å²) in [4.78, 5) is 26.8. The minimum Gasteiger partial charge on any atom is -0.469 e. The number of hydrogen-bond donors (Lipinski definition) is 1. The van der Waals surface area contributed by atoms with Crippen molar-refractivity contribution in [2.75, 3.05) is 54.2 Å². The Bertz CT molecular complexity index is 1380. The summed E-state index contributed by atoms with van der Waals surface area (Å²) in [6, 6.07) is 15.7. The molecule has 1 aromatic heterocycles. The van der Waals surface area contributed by atoms with Crippen LogP contribution in [-0.2, 0) is 33.2 Å². The van der Waals surface area contributed by atoms with Crippen molar-refractivity contribution in [3.63, 3.8) is 0 Å². The zero-order valence-electron chi connectivity index (χ0n) is 22.0. The molecule has 10 heteroatoms. The van der Waals surface area contributed by atoms with Gasteiger partial charge < -0.3 is 19.9 Å². The molecule has 2 fully saturated rings. The van der Waals surface area contributed by atoms with E-state index < -0.39 is 10.8 Å². The van der Waals surface area contributed by atoms with E-state index in [0.29, 0.717) is 17.5 Å². The van der Waals surface area contributed by atoms with Gasteiger partial charge in [-0.05, 0) is 67.6 Å². The molecule has 3 aliphatic rings. The second kappa shape index (κ2) is 10.8. The normalized spacial score (nSPS) is 19.8. The first-order valence-electron chi connectivity index (χ1n) is 13.4. The van der Waals surface area contributed by atoms with Gasteiger partial charge in [0.1, 0.15) is 4.90 Å². The lowest BCUT2D eigenvalue weighted by Gasteiger charge is -2.54. The lowest BCUT2D eigenvalue weighted by Crippen LogP contribution is -2.61. The molecular formula is C29H32ClN5O3S. The molecule has 0 saturated carbocycles. The minimum absolute atomic E-state index is 0.224. The average Bonchev–Trinajstić information content (AvgIpc) is 2.93. The number of rotatable bonds is 6. The van der Waals surface area contributed by atoms with Crippen LogP contribution in [0.2, 0.25) is 5.02 Å². The number of ether oxygens (including phenoxy) is 1. The number of carbonyl (C=O) groups excluding carboxylic acids is 1. The number of halogens is 1. The summed E-state index contributed by atoms with van der Waals surface area (Å²) < 4.78 is 17.8. The number of aryl methyl sites for hydroxylation is 1. The lowest BCUT2D eigenvalue weighted by molar-refractivity contribution is -0.139. The smallest absolute Gasteiger partial charge is 0.309 e. The average molecular weight is 566 g/mol. The van der Waals surface area contributed by atoms with E-state index in [1.165, 1.54) is 12.8 Å². The maximum atomic E-state index is 13.0. The fourth-order valence-electron chi connectivity index (χ4n) is 5.79. The molecular weight excluding hydrogens is 534 g/mol. The topological polar surface area (TPSA) is 87.7 Å². The van der Waals surface area contributed by atoms with Crippen molar-refractivity contribution in [1.82, 2.24) is 9.97 Å². The third-order valence-corrected chi connectivity index (χ3v) is 9.83. The largest absolute Gasteiger partial charge is 0.469 e. The SMILES string of the molecule is COC(=O)Cc1ccc(Nc2nc(N3CC4(CCN(c5ccc(Cl)cc5)CC4)C3)nc3c2[S@](=O)CCC3)cc1. The Kier molecular flexibility index (Phi) is 7.20. The van der Waals surface area contributed by atoms with Crippen molar-refractivity contribution in [1.29, 1.82) is 0 Å². The van der Waals surface area contributed by atoms with Gasteiger partial charge in [-0.15, -0.1) is 0 Å². The van der Waals surface area contributed by atoms with Crippen LogP contribution in [-0.4, -0.2) is 59.2 Å². The van der Waals surface area contributed by atoms with Crippen LogP contribution < -0.4 is 15.1 Å². The number of fused-ring (bicyclic) bond motifs is 1. The number of methoxy groups -OCH3 is 1. The molecule has 8 nitrogen and oxygen atoms in total. The molecule has 0 bridgehead atoms. The minimum atomic E-state index is -1.13. The molecule has 2 saturated heterocycles. The van der Waals surface area contributed by atoms with E-state index in [1.807, 2.05) is 36.4 Å². The van der Waals surface area contributed by atoms with Crippen molar-refractivity contribution in [3.8, 4) is 0 Å². The number of anilines is 4. The molecule has 1 atom stereocenters. The van der Waals surface area contributed by atoms with Gasteiger partial charge >= 0.3 is 5.97 Å². The molecule has 2 aromatic carbocycles. The predicted molar refractivity (Wildman–Crippen MR) is 155 cm³/mol. The summed E-state index contributed by atoms with van der Waals surface area (Å²) >= 11 is 6.07. The van der Waals surface area contributed by atoms with E-state index in [2.05, 4.69) is 27.2 Å². The van der Waals surface area contributed by atoms with Gasteiger partial charge in [-0.25, -0.2) is 4.98 Å². The van der Waals surface area contributed by atoms with Gasteiger partial charge in [-0.2, -0.15) is 4.98 Å². The summed E-state index contributed by atoms with van der Waals surface area (Å²) in [5, 5.41) is 4.16. The monoisotopic (exact) mass is 565 g/mol.